The highest BCUT2D eigenvalue weighted by Gasteiger charge is 2.32. The number of aliphatic hydroxyl groups is 1. The quantitative estimate of drug-likeness (QED) is 0.721. The predicted octanol–water partition coefficient (Wildman–Crippen LogP) is 0.702. The number of sulfonamides is 1. The van der Waals surface area contributed by atoms with Crippen LogP contribution in [0.25, 0.3) is 0 Å². The lowest BCUT2D eigenvalue weighted by atomic mass is 10.1. The van der Waals surface area contributed by atoms with Crippen LogP contribution in [-0.2, 0) is 14.8 Å². The Morgan fingerprint density at radius 2 is 2.11 bits per heavy atom. The van der Waals surface area contributed by atoms with Gasteiger partial charge in [-0.05, 0) is 35.0 Å². The number of rotatable bonds is 5. The first kappa shape index (κ1) is 16.0. The van der Waals surface area contributed by atoms with E-state index in [1.807, 2.05) is 4.72 Å². The van der Waals surface area contributed by atoms with Crippen molar-refractivity contribution in [3.05, 3.63) is 28.5 Å². The van der Waals surface area contributed by atoms with Gasteiger partial charge in [0.15, 0.2) is 11.4 Å². The second-order valence-electron chi connectivity index (χ2n) is 3.96. The molecule has 0 radical (unpaired) electrons. The summed E-state index contributed by atoms with van der Waals surface area (Å²) in [5, 5.41) is 18.0. The third-order valence-electron chi connectivity index (χ3n) is 2.27. The summed E-state index contributed by atoms with van der Waals surface area (Å²) in [6.45, 7) is 0.145. The number of benzene rings is 1. The Morgan fingerprint density at radius 3 is 2.63 bits per heavy atom. The van der Waals surface area contributed by atoms with Crippen molar-refractivity contribution in [3.63, 3.8) is 0 Å². The maximum absolute atomic E-state index is 13.6. The van der Waals surface area contributed by atoms with E-state index in [4.69, 9.17) is 5.11 Å². The van der Waals surface area contributed by atoms with Crippen LogP contribution in [0.3, 0.4) is 0 Å². The molecule has 0 saturated heterocycles. The topological polar surface area (TPSA) is 104 Å². The van der Waals surface area contributed by atoms with Crippen LogP contribution in [0.1, 0.15) is 6.92 Å². The maximum atomic E-state index is 13.6. The minimum absolute atomic E-state index is 0.0413. The molecule has 6 nitrogen and oxygen atoms in total. The van der Waals surface area contributed by atoms with Crippen molar-refractivity contribution < 1.29 is 27.8 Å². The molecular formula is C10H11BrFNO5S. The summed E-state index contributed by atoms with van der Waals surface area (Å²) in [6, 6.07) is 3.66. The van der Waals surface area contributed by atoms with Gasteiger partial charge in [-0.3, -0.25) is 0 Å². The molecule has 0 aliphatic carbocycles. The highest BCUT2D eigenvalue weighted by atomic mass is 79.9. The standard InChI is InChI=1S/C10H11BrFNO5S/c1-10(16,9(14)15)5-13-19(17,18)7-4-2-3-6(11)8(7)12/h2-4,13,16H,5H2,1H3,(H,14,15). The smallest absolute Gasteiger partial charge is 0.336 e. The van der Waals surface area contributed by atoms with E-state index in [2.05, 4.69) is 15.9 Å². The van der Waals surface area contributed by atoms with Gasteiger partial charge in [0.25, 0.3) is 0 Å². The first-order valence-electron chi connectivity index (χ1n) is 4.97. The van der Waals surface area contributed by atoms with E-state index in [1.54, 1.807) is 0 Å². The number of aliphatic carboxylic acids is 1. The summed E-state index contributed by atoms with van der Waals surface area (Å²) in [5.41, 5.74) is -2.28. The van der Waals surface area contributed by atoms with E-state index in [0.29, 0.717) is 0 Å². The molecule has 106 valence electrons. The Labute approximate surface area is 117 Å². The SMILES string of the molecule is CC(O)(CNS(=O)(=O)c1cccc(Br)c1F)C(=O)O. The highest BCUT2D eigenvalue weighted by molar-refractivity contribution is 9.10. The van der Waals surface area contributed by atoms with Crippen molar-refractivity contribution in [2.75, 3.05) is 6.54 Å². The van der Waals surface area contributed by atoms with Crippen LogP contribution in [0.4, 0.5) is 4.39 Å². The van der Waals surface area contributed by atoms with E-state index in [9.17, 15) is 22.7 Å². The number of hydrogen-bond donors (Lipinski definition) is 3. The number of carboxylic acid groups (broad SMARTS) is 1. The monoisotopic (exact) mass is 355 g/mol. The van der Waals surface area contributed by atoms with Crippen LogP contribution in [0, 0.1) is 5.82 Å². The van der Waals surface area contributed by atoms with Gasteiger partial charge in [0, 0.05) is 0 Å². The lowest BCUT2D eigenvalue weighted by molar-refractivity contribution is -0.155. The van der Waals surface area contributed by atoms with Crippen LogP contribution >= 0.6 is 15.9 Å². The molecule has 19 heavy (non-hydrogen) atoms. The summed E-state index contributed by atoms with van der Waals surface area (Å²) in [4.78, 5) is 9.99. The van der Waals surface area contributed by atoms with Gasteiger partial charge >= 0.3 is 5.97 Å². The number of carboxylic acids is 1. The van der Waals surface area contributed by atoms with Crippen LogP contribution < -0.4 is 4.72 Å². The molecule has 9 heteroatoms. The van der Waals surface area contributed by atoms with Gasteiger partial charge < -0.3 is 10.2 Å². The molecule has 1 aromatic rings. The fraction of sp³-hybridized carbons (Fsp3) is 0.300. The van der Waals surface area contributed by atoms with Gasteiger partial charge in [0.2, 0.25) is 10.0 Å². The molecule has 0 bridgehead atoms. The lowest BCUT2D eigenvalue weighted by Crippen LogP contribution is -2.46. The van der Waals surface area contributed by atoms with Crippen LogP contribution in [0.2, 0.25) is 0 Å². The Kier molecular flexibility index (Phi) is 4.67. The Hall–Kier alpha value is -1.03. The molecule has 0 spiro atoms. The molecule has 0 amide bonds. The normalized spacial score (nSPS) is 14.9. The number of nitrogens with one attached hydrogen (secondary N) is 1. The zero-order valence-corrected chi connectivity index (χ0v) is 12.1. The summed E-state index contributed by atoms with van der Waals surface area (Å²) >= 11 is 2.84. The number of hydrogen-bond acceptors (Lipinski definition) is 4. The average molecular weight is 356 g/mol. The number of halogens is 2. The third kappa shape index (κ3) is 3.72. The zero-order chi connectivity index (χ0) is 14.8. The molecule has 0 aliphatic rings. The molecule has 0 saturated carbocycles. The fourth-order valence-electron chi connectivity index (χ4n) is 1.08. The van der Waals surface area contributed by atoms with Crippen LogP contribution in [-0.4, -0.2) is 36.7 Å². The summed E-state index contributed by atoms with van der Waals surface area (Å²) < 4.78 is 39.0. The van der Waals surface area contributed by atoms with E-state index < -0.39 is 38.9 Å². The van der Waals surface area contributed by atoms with E-state index in [0.717, 1.165) is 13.0 Å². The summed E-state index contributed by atoms with van der Waals surface area (Å²) in [7, 11) is -4.26. The first-order chi connectivity index (χ1) is 8.58. The van der Waals surface area contributed by atoms with Crippen molar-refractivity contribution in [1.29, 1.82) is 0 Å². The highest BCUT2D eigenvalue weighted by Crippen LogP contribution is 2.22. The molecule has 1 atom stereocenters. The summed E-state index contributed by atoms with van der Waals surface area (Å²) in [6.07, 6.45) is 0. The first-order valence-corrected chi connectivity index (χ1v) is 7.25. The maximum Gasteiger partial charge on any atom is 0.336 e. The molecule has 1 rings (SSSR count). The Morgan fingerprint density at radius 1 is 1.53 bits per heavy atom. The second kappa shape index (κ2) is 5.53. The van der Waals surface area contributed by atoms with Gasteiger partial charge in [-0.1, -0.05) is 6.07 Å². The third-order valence-corrected chi connectivity index (χ3v) is 4.30. The van der Waals surface area contributed by atoms with Crippen molar-refractivity contribution in [3.8, 4) is 0 Å². The van der Waals surface area contributed by atoms with Crippen molar-refractivity contribution in [2.24, 2.45) is 0 Å². The molecule has 1 unspecified atom stereocenters. The molecule has 0 aliphatic heterocycles. The Balaban J connectivity index is 3.01. The molecule has 3 N–H and O–H groups in total. The van der Waals surface area contributed by atoms with Crippen molar-refractivity contribution in [2.45, 2.75) is 17.4 Å². The molecule has 0 heterocycles. The molecule has 0 aromatic heterocycles. The van der Waals surface area contributed by atoms with E-state index in [1.165, 1.54) is 12.1 Å². The van der Waals surface area contributed by atoms with Gasteiger partial charge in [-0.2, -0.15) is 0 Å². The fourth-order valence-corrected chi connectivity index (χ4v) is 2.81. The molecule has 0 fully saturated rings. The van der Waals surface area contributed by atoms with E-state index >= 15 is 0 Å². The minimum Gasteiger partial charge on any atom is -0.479 e. The minimum atomic E-state index is -4.26. The lowest BCUT2D eigenvalue weighted by Gasteiger charge is -2.18. The molecule has 1 aromatic carbocycles. The van der Waals surface area contributed by atoms with Gasteiger partial charge in [0.05, 0.1) is 11.0 Å². The van der Waals surface area contributed by atoms with Crippen molar-refractivity contribution in [1.82, 2.24) is 4.72 Å². The van der Waals surface area contributed by atoms with Crippen LogP contribution in [0.15, 0.2) is 27.6 Å². The van der Waals surface area contributed by atoms with E-state index in [-0.39, 0.29) is 4.47 Å². The van der Waals surface area contributed by atoms with Gasteiger partial charge in [0.1, 0.15) is 4.90 Å². The largest absolute Gasteiger partial charge is 0.479 e. The van der Waals surface area contributed by atoms with Gasteiger partial charge in [-0.15, -0.1) is 0 Å². The van der Waals surface area contributed by atoms with Gasteiger partial charge in [-0.25, -0.2) is 22.3 Å². The summed E-state index contributed by atoms with van der Waals surface area (Å²) in [5.74, 6) is -2.59. The molecular weight excluding hydrogens is 345 g/mol. The Bertz CT molecular complexity index is 602. The number of carbonyl (C=O) groups is 1. The average Bonchev–Trinajstić information content (AvgIpc) is 2.30. The van der Waals surface area contributed by atoms with Crippen molar-refractivity contribution >= 4 is 31.9 Å². The predicted molar refractivity (Wildman–Crippen MR) is 67.5 cm³/mol. The second-order valence-corrected chi connectivity index (χ2v) is 6.55. The van der Waals surface area contributed by atoms with Crippen LogP contribution in [0.5, 0.6) is 0 Å². The zero-order valence-electron chi connectivity index (χ0n) is 9.72.